The molecule has 0 radical (unpaired) electrons. The molecular weight excluding hydrogens is 407 g/mol. The molecule has 6 heteroatoms. The van der Waals surface area contributed by atoms with E-state index in [9.17, 15) is 0 Å². The van der Waals surface area contributed by atoms with Gasteiger partial charge < -0.3 is 15.5 Å². The lowest BCUT2D eigenvalue weighted by Gasteiger charge is -2.34. The molecule has 1 saturated heterocycles. The second kappa shape index (κ2) is 13.7. The molecule has 0 amide bonds. The summed E-state index contributed by atoms with van der Waals surface area (Å²) < 4.78 is 0. The molecule has 1 aliphatic rings. The number of halogens is 1. The lowest BCUT2D eigenvalue weighted by atomic mass is 10.0. The van der Waals surface area contributed by atoms with E-state index in [4.69, 9.17) is 0 Å². The fraction of sp³-hybridized carbons (Fsp3) is 0.938. The second-order valence-electron chi connectivity index (χ2n) is 6.22. The number of thioether (sulfide) groups is 1. The van der Waals surface area contributed by atoms with Crippen molar-refractivity contribution in [3.8, 4) is 0 Å². The first kappa shape index (κ1) is 22.3. The second-order valence-corrected chi connectivity index (χ2v) is 7.21. The van der Waals surface area contributed by atoms with Gasteiger partial charge in [-0.1, -0.05) is 13.8 Å². The van der Waals surface area contributed by atoms with Gasteiger partial charge in [0.2, 0.25) is 0 Å². The zero-order valence-corrected chi connectivity index (χ0v) is 17.9. The number of piperidine rings is 1. The molecular formula is C16H35IN4S. The van der Waals surface area contributed by atoms with Gasteiger partial charge in [0.1, 0.15) is 0 Å². The molecule has 1 fully saturated rings. The van der Waals surface area contributed by atoms with Gasteiger partial charge in [-0.3, -0.25) is 4.99 Å². The number of nitrogens with one attached hydrogen (secondary N) is 2. The average Bonchev–Trinajstić information content (AvgIpc) is 2.45. The largest absolute Gasteiger partial charge is 0.357 e. The molecule has 0 aromatic rings. The Morgan fingerprint density at radius 1 is 1.32 bits per heavy atom. The fourth-order valence-electron chi connectivity index (χ4n) is 2.69. The zero-order chi connectivity index (χ0) is 15.5. The van der Waals surface area contributed by atoms with E-state index < -0.39 is 0 Å². The standard InChI is InChI=1S/C16H34N4S.HI/c1-5-17-16(18-9-6-12-21-4)19-15-7-10-20(11-8-15)13-14(2)3;/h14-15H,5-13H2,1-4H3,(H2,17,18,19);1H. The van der Waals surface area contributed by atoms with Crippen molar-refractivity contribution in [2.75, 3.05) is 44.7 Å². The Morgan fingerprint density at radius 2 is 2.00 bits per heavy atom. The summed E-state index contributed by atoms with van der Waals surface area (Å²) >= 11 is 1.89. The highest BCUT2D eigenvalue weighted by Crippen LogP contribution is 2.12. The number of hydrogen-bond donors (Lipinski definition) is 2. The highest BCUT2D eigenvalue weighted by Gasteiger charge is 2.20. The number of nitrogens with zero attached hydrogens (tertiary/aromatic N) is 2. The van der Waals surface area contributed by atoms with Crippen molar-refractivity contribution < 1.29 is 0 Å². The maximum absolute atomic E-state index is 4.68. The van der Waals surface area contributed by atoms with Crippen LogP contribution in [0.2, 0.25) is 0 Å². The van der Waals surface area contributed by atoms with Gasteiger partial charge in [-0.2, -0.15) is 11.8 Å². The van der Waals surface area contributed by atoms with Gasteiger partial charge in [0.25, 0.3) is 0 Å². The average molecular weight is 442 g/mol. The van der Waals surface area contributed by atoms with Crippen molar-refractivity contribution >= 4 is 41.7 Å². The molecule has 0 bridgehead atoms. The van der Waals surface area contributed by atoms with E-state index in [0.717, 1.165) is 31.4 Å². The van der Waals surface area contributed by atoms with Crippen LogP contribution in [0.3, 0.4) is 0 Å². The van der Waals surface area contributed by atoms with Gasteiger partial charge in [0.15, 0.2) is 5.96 Å². The third-order valence-corrected chi connectivity index (χ3v) is 4.37. The van der Waals surface area contributed by atoms with Crippen LogP contribution in [0.5, 0.6) is 0 Å². The van der Waals surface area contributed by atoms with Crippen molar-refractivity contribution in [3.05, 3.63) is 0 Å². The van der Waals surface area contributed by atoms with Crippen molar-refractivity contribution in [1.82, 2.24) is 15.5 Å². The normalized spacial score (nSPS) is 17.4. The molecule has 1 aliphatic heterocycles. The molecule has 0 saturated carbocycles. The fourth-order valence-corrected chi connectivity index (χ4v) is 3.11. The number of likely N-dealkylation sites (tertiary alicyclic amines) is 1. The zero-order valence-electron chi connectivity index (χ0n) is 14.7. The molecule has 1 heterocycles. The van der Waals surface area contributed by atoms with E-state index in [2.05, 4.69) is 47.6 Å². The Kier molecular flexibility index (Phi) is 13.9. The van der Waals surface area contributed by atoms with Crippen LogP contribution >= 0.6 is 35.7 Å². The van der Waals surface area contributed by atoms with Gasteiger partial charge in [-0.25, -0.2) is 0 Å². The number of aliphatic imine (C=N–C) groups is 1. The van der Waals surface area contributed by atoms with Crippen molar-refractivity contribution in [2.45, 2.75) is 46.1 Å². The van der Waals surface area contributed by atoms with Crippen LogP contribution in [0.1, 0.15) is 40.0 Å². The monoisotopic (exact) mass is 442 g/mol. The summed E-state index contributed by atoms with van der Waals surface area (Å²) in [5.74, 6) is 2.96. The van der Waals surface area contributed by atoms with Gasteiger partial charge in [-0.05, 0) is 44.1 Å². The third kappa shape index (κ3) is 10.2. The van der Waals surface area contributed by atoms with E-state index in [1.165, 1.54) is 38.2 Å². The Bertz CT molecular complexity index is 292. The van der Waals surface area contributed by atoms with Crippen molar-refractivity contribution in [2.24, 2.45) is 10.9 Å². The molecule has 0 spiro atoms. The summed E-state index contributed by atoms with van der Waals surface area (Å²) in [6, 6.07) is 0.576. The summed E-state index contributed by atoms with van der Waals surface area (Å²) in [5, 5.41) is 6.98. The SMILES string of the molecule is CCNC(=NCCCSC)NC1CCN(CC(C)C)CC1.I. The maximum Gasteiger partial charge on any atom is 0.191 e. The summed E-state index contributed by atoms with van der Waals surface area (Å²) in [7, 11) is 0. The summed E-state index contributed by atoms with van der Waals surface area (Å²) in [6.07, 6.45) is 5.76. The molecule has 2 N–H and O–H groups in total. The van der Waals surface area contributed by atoms with Gasteiger partial charge in [0, 0.05) is 38.8 Å². The number of rotatable bonds is 8. The van der Waals surface area contributed by atoms with Crippen LogP contribution in [0.15, 0.2) is 4.99 Å². The van der Waals surface area contributed by atoms with Crippen LogP contribution in [0.25, 0.3) is 0 Å². The van der Waals surface area contributed by atoms with Crippen LogP contribution in [0, 0.1) is 5.92 Å². The molecule has 22 heavy (non-hydrogen) atoms. The van der Waals surface area contributed by atoms with E-state index in [1.807, 2.05) is 11.8 Å². The molecule has 0 aliphatic carbocycles. The molecule has 1 rings (SSSR count). The lowest BCUT2D eigenvalue weighted by Crippen LogP contribution is -2.49. The van der Waals surface area contributed by atoms with Crippen molar-refractivity contribution in [1.29, 1.82) is 0 Å². The summed E-state index contributed by atoms with van der Waals surface area (Å²) in [6.45, 7) is 12.2. The molecule has 0 atom stereocenters. The van der Waals surface area contributed by atoms with Crippen LogP contribution in [-0.2, 0) is 0 Å². The minimum absolute atomic E-state index is 0. The van der Waals surface area contributed by atoms with Crippen LogP contribution in [-0.4, -0.2) is 61.6 Å². The van der Waals surface area contributed by atoms with Gasteiger partial charge >= 0.3 is 0 Å². The number of hydrogen-bond acceptors (Lipinski definition) is 3. The summed E-state index contributed by atoms with van der Waals surface area (Å²) in [4.78, 5) is 7.27. The molecule has 0 unspecified atom stereocenters. The van der Waals surface area contributed by atoms with E-state index >= 15 is 0 Å². The van der Waals surface area contributed by atoms with Gasteiger partial charge in [-0.15, -0.1) is 24.0 Å². The predicted molar refractivity (Wildman–Crippen MR) is 112 cm³/mol. The maximum atomic E-state index is 4.68. The quantitative estimate of drug-likeness (QED) is 0.262. The smallest absolute Gasteiger partial charge is 0.191 e. The Balaban J connectivity index is 0.00000441. The molecule has 0 aromatic carbocycles. The third-order valence-electron chi connectivity index (χ3n) is 3.67. The first-order valence-electron chi connectivity index (χ1n) is 8.41. The lowest BCUT2D eigenvalue weighted by molar-refractivity contribution is 0.187. The Labute approximate surface area is 158 Å². The molecule has 0 aromatic heterocycles. The van der Waals surface area contributed by atoms with E-state index in [0.29, 0.717) is 6.04 Å². The topological polar surface area (TPSA) is 39.7 Å². The molecule has 4 nitrogen and oxygen atoms in total. The Morgan fingerprint density at radius 3 is 2.55 bits per heavy atom. The van der Waals surface area contributed by atoms with Gasteiger partial charge in [0.05, 0.1) is 0 Å². The van der Waals surface area contributed by atoms with Crippen LogP contribution < -0.4 is 10.6 Å². The predicted octanol–water partition coefficient (Wildman–Crippen LogP) is 3.03. The van der Waals surface area contributed by atoms with E-state index in [1.54, 1.807) is 0 Å². The van der Waals surface area contributed by atoms with Crippen LogP contribution in [0.4, 0.5) is 0 Å². The minimum atomic E-state index is 0. The summed E-state index contributed by atoms with van der Waals surface area (Å²) in [5.41, 5.74) is 0. The Hall–Kier alpha value is 0.310. The minimum Gasteiger partial charge on any atom is -0.357 e. The van der Waals surface area contributed by atoms with Crippen molar-refractivity contribution in [3.63, 3.8) is 0 Å². The van der Waals surface area contributed by atoms with E-state index in [-0.39, 0.29) is 24.0 Å². The number of guanidine groups is 1. The first-order chi connectivity index (χ1) is 10.2. The highest BCUT2D eigenvalue weighted by molar-refractivity contribution is 14.0. The molecule has 132 valence electrons. The highest BCUT2D eigenvalue weighted by atomic mass is 127. The first-order valence-corrected chi connectivity index (χ1v) is 9.81.